The molecule has 0 radical (unpaired) electrons. The van der Waals surface area contributed by atoms with Crippen LogP contribution in [0.5, 0.6) is 0 Å². The Balaban J connectivity index is 3.72. The quantitative estimate of drug-likeness (QED) is 0.713. The fourth-order valence-electron chi connectivity index (χ4n) is 1.30. The molecule has 0 aromatic carbocycles. The lowest BCUT2D eigenvalue weighted by molar-refractivity contribution is 0.145. The normalized spacial score (nSPS) is 14.8. The molecule has 1 atom stereocenters. The fraction of sp³-hybridized carbons (Fsp3) is 1.00. The fourth-order valence-corrected chi connectivity index (χ4v) is 1.30. The highest BCUT2D eigenvalue weighted by atomic mass is 16.5. The molecule has 86 valence electrons. The van der Waals surface area contributed by atoms with Crippen LogP contribution in [0.2, 0.25) is 0 Å². The Morgan fingerprint density at radius 3 is 2.14 bits per heavy atom. The maximum Gasteiger partial charge on any atom is 0.0618 e. The Bertz CT molecular complexity index is 138. The van der Waals surface area contributed by atoms with Crippen molar-refractivity contribution in [3.8, 4) is 0 Å². The average Bonchev–Trinajstić information content (AvgIpc) is 2.00. The second-order valence-electron chi connectivity index (χ2n) is 5.57. The third kappa shape index (κ3) is 7.34. The van der Waals surface area contributed by atoms with E-state index in [4.69, 9.17) is 4.74 Å². The van der Waals surface area contributed by atoms with Gasteiger partial charge in [-0.25, -0.2) is 0 Å². The number of hydrogen-bond donors (Lipinski definition) is 1. The van der Waals surface area contributed by atoms with Gasteiger partial charge in [0, 0.05) is 13.2 Å². The van der Waals surface area contributed by atoms with Crippen molar-refractivity contribution in [1.29, 1.82) is 0 Å². The van der Waals surface area contributed by atoms with Gasteiger partial charge in [-0.2, -0.15) is 0 Å². The molecule has 0 aromatic rings. The molecule has 2 heteroatoms. The van der Waals surface area contributed by atoms with Gasteiger partial charge in [-0.15, -0.1) is 0 Å². The summed E-state index contributed by atoms with van der Waals surface area (Å²) in [6, 6.07) is 0.488. The van der Waals surface area contributed by atoms with Gasteiger partial charge in [-0.3, -0.25) is 0 Å². The summed E-state index contributed by atoms with van der Waals surface area (Å²) in [6.07, 6.45) is 1.21. The molecule has 0 aliphatic carbocycles. The highest BCUT2D eigenvalue weighted by Gasteiger charge is 2.14. The molecule has 0 saturated heterocycles. The summed E-state index contributed by atoms with van der Waals surface area (Å²) in [5.41, 5.74) is 0.418. The van der Waals surface area contributed by atoms with Gasteiger partial charge in [-0.1, -0.05) is 34.6 Å². The summed E-state index contributed by atoms with van der Waals surface area (Å²) in [5, 5.41) is 3.55. The third-order valence-corrected chi connectivity index (χ3v) is 2.43. The minimum Gasteiger partial charge on any atom is -0.383 e. The Kier molecular flexibility index (Phi) is 6.38. The lowest BCUT2D eigenvalue weighted by Crippen LogP contribution is -2.39. The first-order chi connectivity index (χ1) is 6.37. The van der Waals surface area contributed by atoms with E-state index >= 15 is 0 Å². The van der Waals surface area contributed by atoms with E-state index in [-0.39, 0.29) is 0 Å². The highest BCUT2D eigenvalue weighted by molar-refractivity contribution is 4.71. The second kappa shape index (κ2) is 6.41. The number of ether oxygens (including phenoxy) is 1. The predicted molar refractivity (Wildman–Crippen MR) is 62.6 cm³/mol. The van der Waals surface area contributed by atoms with Crippen LogP contribution in [0.3, 0.4) is 0 Å². The molecule has 0 saturated carbocycles. The van der Waals surface area contributed by atoms with Gasteiger partial charge >= 0.3 is 0 Å². The summed E-state index contributed by atoms with van der Waals surface area (Å²) in [5.74, 6) is 0.634. The number of rotatable bonds is 6. The van der Waals surface area contributed by atoms with Gasteiger partial charge in [0.05, 0.1) is 6.61 Å². The lowest BCUT2D eigenvalue weighted by atomic mass is 9.92. The summed E-state index contributed by atoms with van der Waals surface area (Å²) < 4.78 is 5.19. The van der Waals surface area contributed by atoms with Crippen molar-refractivity contribution in [1.82, 2.24) is 5.32 Å². The molecular weight excluding hydrogens is 174 g/mol. The van der Waals surface area contributed by atoms with Crippen LogP contribution < -0.4 is 5.32 Å². The average molecular weight is 201 g/mol. The first-order valence-corrected chi connectivity index (χ1v) is 5.59. The molecule has 0 aliphatic rings. The Morgan fingerprint density at radius 2 is 1.79 bits per heavy atom. The molecule has 1 unspecified atom stereocenters. The smallest absolute Gasteiger partial charge is 0.0618 e. The van der Waals surface area contributed by atoms with Crippen LogP contribution >= 0.6 is 0 Å². The summed E-state index contributed by atoms with van der Waals surface area (Å²) in [4.78, 5) is 0. The van der Waals surface area contributed by atoms with Gasteiger partial charge < -0.3 is 10.1 Å². The van der Waals surface area contributed by atoms with Gasteiger partial charge in [0.25, 0.3) is 0 Å². The van der Waals surface area contributed by atoms with Crippen LogP contribution in [-0.4, -0.2) is 26.3 Å². The molecule has 0 bridgehead atoms. The van der Waals surface area contributed by atoms with E-state index in [2.05, 4.69) is 39.9 Å². The zero-order valence-corrected chi connectivity index (χ0v) is 10.7. The topological polar surface area (TPSA) is 21.3 Å². The first kappa shape index (κ1) is 13.9. The second-order valence-corrected chi connectivity index (χ2v) is 5.57. The number of hydrogen-bond acceptors (Lipinski definition) is 2. The lowest BCUT2D eigenvalue weighted by Gasteiger charge is -2.24. The summed E-state index contributed by atoms with van der Waals surface area (Å²) >= 11 is 0. The van der Waals surface area contributed by atoms with E-state index < -0.39 is 0 Å². The molecule has 2 nitrogen and oxygen atoms in total. The molecule has 0 amide bonds. The first-order valence-electron chi connectivity index (χ1n) is 5.59. The molecular formula is C12H27NO. The SMILES string of the molecule is COCC(NCCC(C)(C)C)C(C)C. The zero-order chi connectivity index (χ0) is 11.2. The molecule has 0 fully saturated rings. The molecule has 1 N–H and O–H groups in total. The van der Waals surface area contributed by atoms with Crippen LogP contribution in [0.1, 0.15) is 41.0 Å². The minimum absolute atomic E-state index is 0.418. The van der Waals surface area contributed by atoms with Crippen LogP contribution in [0.15, 0.2) is 0 Å². The van der Waals surface area contributed by atoms with Crippen molar-refractivity contribution >= 4 is 0 Å². The van der Waals surface area contributed by atoms with E-state index in [0.717, 1.165) is 13.2 Å². The Morgan fingerprint density at radius 1 is 1.21 bits per heavy atom. The predicted octanol–water partition coefficient (Wildman–Crippen LogP) is 2.68. The van der Waals surface area contributed by atoms with Gasteiger partial charge in [-0.05, 0) is 24.3 Å². The van der Waals surface area contributed by atoms with Crippen molar-refractivity contribution in [2.45, 2.75) is 47.1 Å². The maximum absolute atomic E-state index is 5.19. The molecule has 0 aromatic heterocycles. The van der Waals surface area contributed by atoms with Crippen molar-refractivity contribution < 1.29 is 4.74 Å². The standard InChI is InChI=1S/C12H27NO/c1-10(2)11(9-14-6)13-8-7-12(3,4)5/h10-11,13H,7-9H2,1-6H3. The van der Waals surface area contributed by atoms with E-state index in [0.29, 0.717) is 17.4 Å². The monoisotopic (exact) mass is 201 g/mol. The highest BCUT2D eigenvalue weighted by Crippen LogP contribution is 2.17. The molecule has 0 spiro atoms. The number of nitrogens with one attached hydrogen (secondary N) is 1. The van der Waals surface area contributed by atoms with Crippen molar-refractivity contribution in [2.24, 2.45) is 11.3 Å². The molecule has 14 heavy (non-hydrogen) atoms. The maximum atomic E-state index is 5.19. The van der Waals surface area contributed by atoms with Crippen molar-refractivity contribution in [3.05, 3.63) is 0 Å². The largest absolute Gasteiger partial charge is 0.383 e. The van der Waals surface area contributed by atoms with Crippen LogP contribution in [0.4, 0.5) is 0 Å². The summed E-state index contributed by atoms with van der Waals surface area (Å²) in [7, 11) is 1.76. The summed E-state index contributed by atoms with van der Waals surface area (Å²) in [6.45, 7) is 13.2. The van der Waals surface area contributed by atoms with Gasteiger partial charge in [0.15, 0.2) is 0 Å². The van der Waals surface area contributed by atoms with Gasteiger partial charge in [0.1, 0.15) is 0 Å². The van der Waals surface area contributed by atoms with Gasteiger partial charge in [0.2, 0.25) is 0 Å². The Hall–Kier alpha value is -0.0800. The van der Waals surface area contributed by atoms with Crippen LogP contribution in [0.25, 0.3) is 0 Å². The third-order valence-electron chi connectivity index (χ3n) is 2.43. The van der Waals surface area contributed by atoms with Crippen LogP contribution in [-0.2, 0) is 4.74 Å². The Labute approximate surface area is 89.4 Å². The van der Waals surface area contributed by atoms with E-state index in [9.17, 15) is 0 Å². The van der Waals surface area contributed by atoms with E-state index in [1.54, 1.807) is 7.11 Å². The molecule has 0 aliphatic heterocycles. The zero-order valence-electron chi connectivity index (χ0n) is 10.7. The number of methoxy groups -OCH3 is 1. The van der Waals surface area contributed by atoms with Crippen molar-refractivity contribution in [3.63, 3.8) is 0 Å². The van der Waals surface area contributed by atoms with E-state index in [1.807, 2.05) is 0 Å². The van der Waals surface area contributed by atoms with Crippen molar-refractivity contribution in [2.75, 3.05) is 20.3 Å². The minimum atomic E-state index is 0.418. The van der Waals surface area contributed by atoms with Crippen LogP contribution in [0, 0.1) is 11.3 Å². The molecule has 0 heterocycles. The van der Waals surface area contributed by atoms with E-state index in [1.165, 1.54) is 6.42 Å². The molecule has 0 rings (SSSR count).